The number of ether oxygens (including phenoxy) is 1. The highest BCUT2D eigenvalue weighted by atomic mass is 32.1. The van der Waals surface area contributed by atoms with Crippen molar-refractivity contribution in [2.75, 3.05) is 12.4 Å². The lowest BCUT2D eigenvalue weighted by Crippen LogP contribution is -2.07. The van der Waals surface area contributed by atoms with Crippen molar-refractivity contribution in [1.29, 1.82) is 0 Å². The number of aliphatic hydroxyl groups is 1. The highest BCUT2D eigenvalue weighted by Gasteiger charge is 2.27. The highest BCUT2D eigenvalue weighted by molar-refractivity contribution is 7.15. The van der Waals surface area contributed by atoms with Crippen LogP contribution < -0.4 is 10.1 Å². The Morgan fingerprint density at radius 1 is 1.09 bits per heavy atom. The number of rotatable bonds is 5. The largest absolute Gasteiger partial charge is 0.497 e. The van der Waals surface area contributed by atoms with Crippen LogP contribution in [0, 0.1) is 13.8 Å². The summed E-state index contributed by atoms with van der Waals surface area (Å²) in [7, 11) is 1.66. The van der Waals surface area contributed by atoms with Crippen LogP contribution in [0.2, 0.25) is 0 Å². The van der Waals surface area contributed by atoms with Gasteiger partial charge in [0.05, 0.1) is 19.4 Å². The number of aliphatic hydroxyl groups excluding tert-OH is 1. The van der Waals surface area contributed by atoms with Crippen LogP contribution in [0.3, 0.4) is 0 Å². The summed E-state index contributed by atoms with van der Waals surface area (Å²) in [5.74, 6) is 2.43. The maximum absolute atomic E-state index is 9.89. The van der Waals surface area contributed by atoms with Crippen molar-refractivity contribution in [1.82, 2.24) is 14.8 Å². The van der Waals surface area contributed by atoms with Crippen molar-refractivity contribution < 1.29 is 9.84 Å². The van der Waals surface area contributed by atoms with Crippen LogP contribution in [0.5, 0.6) is 5.75 Å². The second kappa shape index (κ2) is 8.22. The Labute approximate surface area is 190 Å². The second-order valence-corrected chi connectivity index (χ2v) is 8.67. The molecule has 5 rings (SSSR count). The minimum absolute atomic E-state index is 0.00329. The summed E-state index contributed by atoms with van der Waals surface area (Å²) in [5, 5.41) is 22.9. The van der Waals surface area contributed by atoms with Crippen LogP contribution in [0.4, 0.5) is 11.4 Å². The lowest BCUT2D eigenvalue weighted by Gasteiger charge is -2.11. The van der Waals surface area contributed by atoms with Gasteiger partial charge in [0.2, 0.25) is 0 Å². The first-order chi connectivity index (χ1) is 15.6. The topological polar surface area (TPSA) is 84.6 Å². The molecule has 0 amide bonds. The van der Waals surface area contributed by atoms with Crippen molar-refractivity contribution in [3.8, 4) is 10.8 Å². The van der Waals surface area contributed by atoms with E-state index in [0.29, 0.717) is 6.54 Å². The number of thiophene rings is 1. The molecule has 2 aromatic carbocycles. The fourth-order valence-electron chi connectivity index (χ4n) is 3.95. The first kappa shape index (κ1) is 20.4. The van der Waals surface area contributed by atoms with Gasteiger partial charge in [-0.1, -0.05) is 18.2 Å². The van der Waals surface area contributed by atoms with Crippen LogP contribution in [-0.4, -0.2) is 32.7 Å². The fourth-order valence-corrected chi connectivity index (χ4v) is 5.18. The van der Waals surface area contributed by atoms with E-state index in [0.717, 1.165) is 61.1 Å². The highest BCUT2D eigenvalue weighted by Crippen LogP contribution is 2.37. The van der Waals surface area contributed by atoms with Crippen LogP contribution in [0.1, 0.15) is 33.2 Å². The van der Waals surface area contributed by atoms with E-state index in [1.54, 1.807) is 18.4 Å². The van der Waals surface area contributed by atoms with Crippen molar-refractivity contribution >= 4 is 28.4 Å². The maximum atomic E-state index is 9.89. The smallest absolute Gasteiger partial charge is 0.160 e. The van der Waals surface area contributed by atoms with Crippen LogP contribution in [0.15, 0.2) is 53.5 Å². The van der Waals surface area contributed by atoms with E-state index < -0.39 is 0 Å². The molecule has 0 bridgehead atoms. The van der Waals surface area contributed by atoms with E-state index in [-0.39, 0.29) is 6.61 Å². The number of nitrogens with zero attached hydrogens (tertiary/aromatic N) is 4. The lowest BCUT2D eigenvalue weighted by molar-refractivity contribution is 0.285. The van der Waals surface area contributed by atoms with Crippen molar-refractivity contribution in [2.45, 2.75) is 27.0 Å². The Bertz CT molecular complexity index is 1320. The average molecular weight is 446 g/mol. The van der Waals surface area contributed by atoms with Crippen molar-refractivity contribution in [3.05, 3.63) is 81.7 Å². The van der Waals surface area contributed by atoms with Gasteiger partial charge in [-0.15, -0.1) is 21.5 Å². The Kier molecular flexibility index (Phi) is 5.24. The summed E-state index contributed by atoms with van der Waals surface area (Å²) in [6.45, 7) is 4.43. The first-order valence-electron chi connectivity index (χ1n) is 10.3. The predicted octanol–water partition coefficient (Wildman–Crippen LogP) is 4.54. The number of nitrogens with one attached hydrogen (secondary N) is 1. The summed E-state index contributed by atoms with van der Waals surface area (Å²) in [6.07, 6.45) is 0. The molecule has 2 aromatic heterocycles. The van der Waals surface area contributed by atoms with E-state index in [4.69, 9.17) is 9.73 Å². The van der Waals surface area contributed by atoms with E-state index >= 15 is 0 Å². The number of aryl methyl sites for hydroxylation is 1. The van der Waals surface area contributed by atoms with Crippen LogP contribution in [0.25, 0.3) is 5.00 Å². The van der Waals surface area contributed by atoms with Gasteiger partial charge in [0.1, 0.15) is 23.1 Å². The van der Waals surface area contributed by atoms with Gasteiger partial charge in [0.25, 0.3) is 0 Å². The third kappa shape index (κ3) is 3.47. The normalized spacial score (nSPS) is 12.6. The van der Waals surface area contributed by atoms with Crippen LogP contribution >= 0.6 is 11.3 Å². The molecule has 7 nitrogen and oxygen atoms in total. The van der Waals surface area contributed by atoms with Gasteiger partial charge < -0.3 is 15.2 Å². The van der Waals surface area contributed by atoms with Gasteiger partial charge in [-0.05, 0) is 43.7 Å². The molecule has 3 heterocycles. The van der Waals surface area contributed by atoms with Gasteiger partial charge in [0, 0.05) is 33.4 Å². The first-order valence-corrected chi connectivity index (χ1v) is 11.1. The number of aliphatic imine (C=N–C) groups is 1. The summed E-state index contributed by atoms with van der Waals surface area (Å²) < 4.78 is 7.36. The van der Waals surface area contributed by atoms with Gasteiger partial charge in [-0.2, -0.15) is 0 Å². The Morgan fingerprint density at radius 3 is 2.66 bits per heavy atom. The fraction of sp³-hybridized carbons (Fsp3) is 0.208. The van der Waals surface area contributed by atoms with Crippen molar-refractivity contribution in [2.24, 2.45) is 4.99 Å². The molecular weight excluding hydrogens is 422 g/mol. The number of aromatic nitrogens is 3. The Morgan fingerprint density at radius 2 is 1.91 bits per heavy atom. The minimum atomic E-state index is -0.00329. The molecule has 0 unspecified atom stereocenters. The molecule has 0 atom stereocenters. The summed E-state index contributed by atoms with van der Waals surface area (Å²) in [6, 6.07) is 16.1. The van der Waals surface area contributed by atoms with Crippen molar-refractivity contribution in [3.63, 3.8) is 0 Å². The quantitative estimate of drug-likeness (QED) is 0.471. The van der Waals surface area contributed by atoms with Gasteiger partial charge in [-0.3, -0.25) is 9.56 Å². The molecule has 0 saturated carbocycles. The average Bonchev–Trinajstić information content (AvgIpc) is 3.28. The molecule has 162 valence electrons. The molecule has 8 heteroatoms. The molecule has 4 aromatic rings. The molecular formula is C24H23N5O2S. The minimum Gasteiger partial charge on any atom is -0.497 e. The zero-order chi connectivity index (χ0) is 22.2. The number of benzene rings is 2. The Balaban J connectivity index is 1.52. The van der Waals surface area contributed by atoms with E-state index in [1.807, 2.05) is 50.2 Å². The number of anilines is 2. The molecule has 0 saturated heterocycles. The van der Waals surface area contributed by atoms with E-state index in [9.17, 15) is 5.11 Å². The number of hydrogen-bond acceptors (Lipinski definition) is 7. The molecule has 2 N–H and O–H groups in total. The lowest BCUT2D eigenvalue weighted by atomic mass is 9.99. The third-order valence-corrected chi connectivity index (χ3v) is 6.86. The molecule has 0 fully saturated rings. The van der Waals surface area contributed by atoms with Gasteiger partial charge in [-0.25, -0.2) is 0 Å². The molecule has 0 spiro atoms. The monoisotopic (exact) mass is 445 g/mol. The number of hydrogen-bond donors (Lipinski definition) is 2. The van der Waals surface area contributed by atoms with Crippen LogP contribution in [-0.2, 0) is 13.2 Å². The predicted molar refractivity (Wildman–Crippen MR) is 127 cm³/mol. The van der Waals surface area contributed by atoms with E-state index in [1.165, 1.54) is 0 Å². The second-order valence-electron chi connectivity index (χ2n) is 7.59. The number of methoxy groups -OCH3 is 1. The molecule has 0 radical (unpaired) electrons. The summed E-state index contributed by atoms with van der Waals surface area (Å²) in [5.41, 5.74) is 5.94. The molecule has 1 aliphatic rings. The third-order valence-electron chi connectivity index (χ3n) is 5.60. The summed E-state index contributed by atoms with van der Waals surface area (Å²) in [4.78, 5) is 5.85. The van der Waals surface area contributed by atoms with E-state index in [2.05, 4.69) is 32.2 Å². The molecule has 0 aliphatic carbocycles. The standard InChI is InChI=1S/C24H23N5O2S/c1-14-20(13-30)32-24-22(14)23(25-12-21-28-27-15(2)29(21)24)16-7-9-17(10-8-16)26-18-5-4-6-19(11-18)31-3/h4-11,26,30H,12-13H2,1-3H3. The zero-order valence-corrected chi connectivity index (χ0v) is 18.9. The SMILES string of the molecule is COc1cccc(Nc2ccc(C3=NCc4nnc(C)n4-c4sc(CO)c(C)c43)cc2)c1. The van der Waals surface area contributed by atoms with Gasteiger partial charge in [0.15, 0.2) is 5.82 Å². The Hall–Kier alpha value is -3.49. The van der Waals surface area contributed by atoms with Gasteiger partial charge >= 0.3 is 0 Å². The maximum Gasteiger partial charge on any atom is 0.160 e. The number of fused-ring (bicyclic) bond motifs is 3. The zero-order valence-electron chi connectivity index (χ0n) is 18.1. The summed E-state index contributed by atoms with van der Waals surface area (Å²) >= 11 is 1.57. The molecule has 32 heavy (non-hydrogen) atoms. The molecule has 1 aliphatic heterocycles.